The smallest absolute Gasteiger partial charge is 0.410 e. The van der Waals surface area contributed by atoms with Crippen LogP contribution in [0.5, 0.6) is 11.6 Å². The molecule has 2 atom stereocenters. The van der Waals surface area contributed by atoms with Crippen LogP contribution in [0, 0.1) is 23.1 Å². The van der Waals surface area contributed by atoms with Crippen molar-refractivity contribution in [3.63, 3.8) is 0 Å². The first-order valence-electron chi connectivity index (χ1n) is 19.7. The van der Waals surface area contributed by atoms with Crippen molar-refractivity contribution < 1.29 is 36.7 Å². The van der Waals surface area contributed by atoms with Gasteiger partial charge in [0.05, 0.1) is 29.5 Å². The average Bonchev–Trinajstić information content (AvgIpc) is 3.16. The van der Waals surface area contributed by atoms with Crippen molar-refractivity contribution in [1.29, 1.82) is 0 Å². The van der Waals surface area contributed by atoms with Crippen molar-refractivity contribution in [3.8, 4) is 34.4 Å². The number of hydrogen-bond acceptors (Lipinski definition) is 10. The number of carbonyl (C=O) groups excluding carboxylic acids is 1. The minimum atomic E-state index is -2.33. The highest BCUT2D eigenvalue weighted by Gasteiger charge is 2.42. The van der Waals surface area contributed by atoms with Crippen molar-refractivity contribution in [2.75, 3.05) is 52.3 Å². The fourth-order valence-corrected chi connectivity index (χ4v) is 13.9. The Morgan fingerprint density at radius 1 is 1.03 bits per heavy atom. The van der Waals surface area contributed by atoms with Gasteiger partial charge in [0.25, 0.3) is 0 Å². The fourth-order valence-electron chi connectivity index (χ4n) is 8.27. The molecule has 1 amide bonds. The normalized spacial score (nSPS) is 15.6. The third kappa shape index (κ3) is 8.94. The number of rotatable bonds is 11. The first kappa shape index (κ1) is 44.7. The van der Waals surface area contributed by atoms with Crippen LogP contribution in [-0.4, -0.2) is 97.3 Å². The van der Waals surface area contributed by atoms with E-state index in [9.17, 15) is 9.00 Å². The number of fused-ring (bicyclic) bond motifs is 2. The lowest BCUT2D eigenvalue weighted by molar-refractivity contribution is 0.0209. The van der Waals surface area contributed by atoms with Gasteiger partial charge < -0.3 is 28.7 Å². The lowest BCUT2D eigenvalue weighted by Gasteiger charge is -2.39. The number of pyridine rings is 1. The lowest BCUT2D eigenvalue weighted by atomic mass is 9.95. The minimum absolute atomic E-state index is 0.00343. The third-order valence-electron chi connectivity index (χ3n) is 11.0. The van der Waals surface area contributed by atoms with E-state index in [1.54, 1.807) is 30.1 Å². The highest BCUT2D eigenvalue weighted by atomic mass is 32.2. The first-order valence-corrected chi connectivity index (χ1v) is 23.5. The van der Waals surface area contributed by atoms with Crippen molar-refractivity contribution in [3.05, 3.63) is 41.5 Å². The van der Waals surface area contributed by atoms with Crippen molar-refractivity contribution >= 4 is 52.5 Å². The standard InChI is InChI=1S/C43H57F2N5O6SSi/c1-25(2)58(26(3)4,27(5)6)20-18-31-33(44)17-16-28-21-30(55-24-53-11)22-32(34(28)31)37-36(45)38-35(40(46-37)54-12)39(48-41(47-38)57(13)52)50-19-14-15-29(23-50)49(10)42(51)56-43(7,8)9/h16-17,21-22,25-27,29H,14-15,19,23-24H2,1-13H3. The van der Waals surface area contributed by atoms with Gasteiger partial charge in [0.2, 0.25) is 11.0 Å². The Hall–Kier alpha value is -4.39. The van der Waals surface area contributed by atoms with E-state index in [1.807, 2.05) is 25.7 Å². The summed E-state index contributed by atoms with van der Waals surface area (Å²) in [6.07, 6.45) is 2.33. The number of halogens is 2. The molecule has 0 spiro atoms. The summed E-state index contributed by atoms with van der Waals surface area (Å²) in [4.78, 5) is 30.5. The van der Waals surface area contributed by atoms with Crippen molar-refractivity contribution in [1.82, 2.24) is 19.9 Å². The van der Waals surface area contributed by atoms with Crippen molar-refractivity contribution in [2.45, 2.75) is 109 Å². The number of carbonyl (C=O) groups is 1. The van der Waals surface area contributed by atoms with Crippen LogP contribution in [0.25, 0.3) is 32.9 Å². The van der Waals surface area contributed by atoms with Crippen molar-refractivity contribution in [2.24, 2.45) is 0 Å². The molecule has 1 saturated heterocycles. The second kappa shape index (κ2) is 17.8. The number of aromatic nitrogens is 3. The van der Waals surface area contributed by atoms with Crippen LogP contribution in [0.3, 0.4) is 0 Å². The first-order chi connectivity index (χ1) is 27.2. The molecule has 1 aliphatic heterocycles. The van der Waals surface area contributed by atoms with Gasteiger partial charge in [-0.05, 0) is 73.8 Å². The van der Waals surface area contributed by atoms with Gasteiger partial charge in [-0.3, -0.25) is 4.21 Å². The van der Waals surface area contributed by atoms with Gasteiger partial charge in [-0.1, -0.05) is 53.5 Å². The van der Waals surface area contributed by atoms with Crippen LogP contribution >= 0.6 is 0 Å². The maximum absolute atomic E-state index is 17.6. The van der Waals surface area contributed by atoms with Crippen LogP contribution in [0.1, 0.15) is 80.7 Å². The molecule has 5 rings (SSSR count). The zero-order valence-electron chi connectivity index (χ0n) is 36.0. The predicted molar refractivity (Wildman–Crippen MR) is 229 cm³/mol. The van der Waals surface area contributed by atoms with E-state index in [1.165, 1.54) is 26.5 Å². The molecule has 1 fully saturated rings. The monoisotopic (exact) mass is 837 g/mol. The van der Waals surface area contributed by atoms with E-state index >= 15 is 8.78 Å². The molecule has 314 valence electrons. The Balaban J connectivity index is 1.80. The van der Waals surface area contributed by atoms with Gasteiger partial charge in [-0.25, -0.2) is 28.5 Å². The summed E-state index contributed by atoms with van der Waals surface area (Å²) < 4.78 is 69.5. The fraction of sp³-hybridized carbons (Fsp3) is 0.535. The quantitative estimate of drug-likeness (QED) is 0.0627. The van der Waals surface area contributed by atoms with Gasteiger partial charge in [0, 0.05) is 44.5 Å². The molecule has 11 nitrogen and oxygen atoms in total. The van der Waals surface area contributed by atoms with Crippen LogP contribution in [0.2, 0.25) is 16.6 Å². The SMILES string of the molecule is COCOc1cc(-c2nc(OC)c3c(N4CCCC(N(C)C(=O)OC(C)(C)C)C4)nc(S(C)=O)nc3c2F)c2c(C#C[Si](C(C)C)(C(C)C)C(C)C)c(F)ccc2c1. The second-order valence-electron chi connectivity index (χ2n) is 16.8. The summed E-state index contributed by atoms with van der Waals surface area (Å²) in [5.74, 6) is 2.49. The van der Waals surface area contributed by atoms with E-state index < -0.39 is 42.2 Å². The van der Waals surface area contributed by atoms with Crippen LogP contribution in [0.4, 0.5) is 19.4 Å². The topological polar surface area (TPSA) is 116 Å². The molecule has 2 unspecified atom stereocenters. The molecule has 2 aromatic heterocycles. The third-order valence-corrected chi connectivity index (χ3v) is 18.0. The zero-order valence-corrected chi connectivity index (χ0v) is 37.8. The minimum Gasteiger partial charge on any atom is -0.480 e. The molecule has 0 saturated carbocycles. The number of amides is 1. The van der Waals surface area contributed by atoms with E-state index in [2.05, 4.69) is 63.0 Å². The van der Waals surface area contributed by atoms with Gasteiger partial charge in [0.15, 0.2) is 12.6 Å². The average molecular weight is 838 g/mol. The van der Waals surface area contributed by atoms with Gasteiger partial charge >= 0.3 is 6.09 Å². The Kier molecular flexibility index (Phi) is 13.8. The highest BCUT2D eigenvalue weighted by molar-refractivity contribution is 7.84. The Morgan fingerprint density at radius 3 is 2.29 bits per heavy atom. The lowest BCUT2D eigenvalue weighted by Crippen LogP contribution is -2.50. The number of anilines is 1. The zero-order chi connectivity index (χ0) is 42.9. The number of likely N-dealkylation sites (N-methyl/N-ethyl adjacent to an activating group) is 1. The summed E-state index contributed by atoms with van der Waals surface area (Å²) >= 11 is 0. The number of piperidine rings is 1. The molecular weight excluding hydrogens is 781 g/mol. The number of ether oxygens (including phenoxy) is 4. The number of nitrogens with zero attached hydrogens (tertiary/aromatic N) is 5. The van der Waals surface area contributed by atoms with E-state index in [0.717, 1.165) is 0 Å². The molecule has 1 aliphatic rings. The maximum atomic E-state index is 17.6. The van der Waals surface area contributed by atoms with E-state index in [-0.39, 0.29) is 74.0 Å². The summed E-state index contributed by atoms with van der Waals surface area (Å²) in [6, 6.07) is 6.01. The molecule has 0 bridgehead atoms. The number of hydrogen-bond donors (Lipinski definition) is 0. The maximum Gasteiger partial charge on any atom is 0.410 e. The molecule has 3 heterocycles. The largest absolute Gasteiger partial charge is 0.480 e. The van der Waals surface area contributed by atoms with Crippen LogP contribution < -0.4 is 14.4 Å². The predicted octanol–water partition coefficient (Wildman–Crippen LogP) is 9.26. The van der Waals surface area contributed by atoms with Crippen LogP contribution in [-0.2, 0) is 20.3 Å². The second-order valence-corrected chi connectivity index (χ2v) is 23.7. The molecule has 4 aromatic rings. The van der Waals surface area contributed by atoms with Gasteiger partial charge in [-0.15, -0.1) is 5.54 Å². The Labute approximate surface area is 344 Å². The molecule has 0 N–H and O–H groups in total. The molecular formula is C43H57F2N5O6SSi. The van der Waals surface area contributed by atoms with Crippen LogP contribution in [0.15, 0.2) is 29.4 Å². The summed E-state index contributed by atoms with van der Waals surface area (Å²) in [7, 11) is 0.530. The Bertz CT molecular complexity index is 2250. The molecule has 0 radical (unpaired) electrons. The Morgan fingerprint density at radius 2 is 1.71 bits per heavy atom. The molecule has 58 heavy (non-hydrogen) atoms. The molecule has 15 heteroatoms. The van der Waals surface area contributed by atoms with E-state index in [4.69, 9.17) is 23.9 Å². The van der Waals surface area contributed by atoms with E-state index in [0.29, 0.717) is 42.5 Å². The van der Waals surface area contributed by atoms with Gasteiger partial charge in [-0.2, -0.15) is 0 Å². The number of methoxy groups -OCH3 is 2. The molecule has 0 aliphatic carbocycles. The summed E-state index contributed by atoms with van der Waals surface area (Å²) in [6.45, 7) is 19.3. The summed E-state index contributed by atoms with van der Waals surface area (Å²) in [5, 5.41) is 0.970. The highest BCUT2D eigenvalue weighted by Crippen LogP contribution is 2.44. The van der Waals surface area contributed by atoms with Gasteiger partial charge in [0.1, 0.15) is 47.7 Å². The molecule has 2 aromatic carbocycles. The summed E-state index contributed by atoms with van der Waals surface area (Å²) in [5.41, 5.74) is 3.77. The number of benzene rings is 2.